The normalized spacial score (nSPS) is 21.7. The number of fused-ring (bicyclic) bond motifs is 1. The van der Waals surface area contributed by atoms with Gasteiger partial charge in [0.05, 0.1) is 47.0 Å². The Morgan fingerprint density at radius 3 is 2.39 bits per heavy atom. The van der Waals surface area contributed by atoms with Crippen LogP contribution in [0.3, 0.4) is 0 Å². The highest BCUT2D eigenvalue weighted by molar-refractivity contribution is 7.89. The molecule has 0 bridgehead atoms. The second-order valence-electron chi connectivity index (χ2n) is 11.4. The summed E-state index contributed by atoms with van der Waals surface area (Å²) in [5, 5.41) is 25.7. The van der Waals surface area contributed by atoms with Gasteiger partial charge < -0.3 is 20.3 Å². The van der Waals surface area contributed by atoms with Gasteiger partial charge in [-0.25, -0.2) is 13.1 Å². The van der Waals surface area contributed by atoms with E-state index in [0.29, 0.717) is 24.2 Å². The van der Waals surface area contributed by atoms with Crippen molar-refractivity contribution in [1.82, 2.24) is 10.0 Å². The van der Waals surface area contributed by atoms with Crippen LogP contribution >= 0.6 is 0 Å². The number of hydrogen-bond donors (Lipinski definition) is 4. The molecule has 1 saturated carbocycles. The van der Waals surface area contributed by atoms with Gasteiger partial charge in [-0.2, -0.15) is 0 Å². The third kappa shape index (κ3) is 9.18. The van der Waals surface area contributed by atoms with Gasteiger partial charge in [0.1, 0.15) is 6.04 Å². The summed E-state index contributed by atoms with van der Waals surface area (Å²) in [6.07, 6.45) is 1.44. The van der Waals surface area contributed by atoms with Crippen molar-refractivity contribution >= 4 is 43.5 Å². The standard InChI is InChI=1S/C32H40N2O8S2/c1-42-24-15-16-26(32(37)38)23(18-24)19-29(35)27(17-21-9-4-3-5-10-21)33-31(36)28(34-44(2,40)41)20-43(39)30-14-8-12-22-11-6-7-13-25(22)30/h3-14,23-24,26-29,34-35H,15-20H2,1-2H3,(H,33,36)(H,37,38). The number of carboxylic acid groups (broad SMARTS) is 1. The monoisotopic (exact) mass is 644 g/mol. The van der Waals surface area contributed by atoms with Crippen molar-refractivity contribution in [2.75, 3.05) is 19.1 Å². The van der Waals surface area contributed by atoms with E-state index in [1.165, 1.54) is 0 Å². The van der Waals surface area contributed by atoms with Crippen molar-refractivity contribution in [3.63, 3.8) is 0 Å². The Hall–Kier alpha value is -3.16. The molecule has 0 radical (unpaired) electrons. The van der Waals surface area contributed by atoms with Gasteiger partial charge in [0, 0.05) is 12.0 Å². The van der Waals surface area contributed by atoms with E-state index < -0.39 is 56.8 Å². The third-order valence-electron chi connectivity index (χ3n) is 8.21. The molecule has 7 atom stereocenters. The molecule has 0 aliphatic heterocycles. The number of aliphatic hydroxyl groups is 1. The predicted molar refractivity (Wildman–Crippen MR) is 169 cm³/mol. The molecule has 0 aromatic heterocycles. The summed E-state index contributed by atoms with van der Waals surface area (Å²) in [4.78, 5) is 26.2. The van der Waals surface area contributed by atoms with E-state index in [1.54, 1.807) is 19.2 Å². The molecule has 238 valence electrons. The Kier molecular flexibility index (Phi) is 11.7. The number of sulfonamides is 1. The molecular formula is C32H40N2O8S2. The third-order valence-corrected chi connectivity index (χ3v) is 10.4. The molecule has 0 saturated heterocycles. The number of aliphatic hydroxyl groups excluding tert-OH is 1. The molecule has 10 nitrogen and oxygen atoms in total. The van der Waals surface area contributed by atoms with Crippen LogP contribution in [-0.4, -0.2) is 78.1 Å². The summed E-state index contributed by atoms with van der Waals surface area (Å²) in [7, 11) is -4.07. The number of aliphatic carboxylic acids is 1. The van der Waals surface area contributed by atoms with Gasteiger partial charge in [0.2, 0.25) is 15.9 Å². The quantitative estimate of drug-likeness (QED) is 0.209. The highest BCUT2D eigenvalue weighted by atomic mass is 32.2. The van der Waals surface area contributed by atoms with Crippen LogP contribution in [0, 0.1) is 11.8 Å². The molecule has 3 aromatic carbocycles. The average Bonchev–Trinajstić information content (AvgIpc) is 2.99. The zero-order chi connectivity index (χ0) is 31.9. The van der Waals surface area contributed by atoms with Crippen molar-refractivity contribution in [3.05, 3.63) is 78.4 Å². The first kappa shape index (κ1) is 33.7. The average molecular weight is 645 g/mol. The minimum atomic E-state index is -3.89. The van der Waals surface area contributed by atoms with Gasteiger partial charge in [-0.3, -0.25) is 13.8 Å². The number of methoxy groups -OCH3 is 1. The van der Waals surface area contributed by atoms with Crippen LogP contribution in [0.2, 0.25) is 0 Å². The smallest absolute Gasteiger partial charge is 0.306 e. The molecule has 4 N–H and O–H groups in total. The lowest BCUT2D eigenvalue weighted by molar-refractivity contribution is -0.147. The topological polar surface area (TPSA) is 159 Å². The van der Waals surface area contributed by atoms with E-state index in [2.05, 4.69) is 10.0 Å². The lowest BCUT2D eigenvalue weighted by atomic mass is 9.74. The summed E-state index contributed by atoms with van der Waals surface area (Å²) in [5.74, 6) is -3.06. The van der Waals surface area contributed by atoms with Crippen LogP contribution in [0.5, 0.6) is 0 Å². The molecule has 1 aliphatic rings. The van der Waals surface area contributed by atoms with Crippen LogP contribution in [0.1, 0.15) is 31.2 Å². The van der Waals surface area contributed by atoms with E-state index in [1.807, 2.05) is 60.7 Å². The van der Waals surface area contributed by atoms with Gasteiger partial charge in [0.15, 0.2) is 0 Å². The second kappa shape index (κ2) is 15.2. The molecule has 7 unspecified atom stereocenters. The maximum atomic E-state index is 13.7. The SMILES string of the molecule is COC1CCC(C(=O)O)C(CC(O)C(Cc2ccccc2)NC(=O)C(CS(=O)c2cccc3ccccc23)NS(C)(=O)=O)C1. The van der Waals surface area contributed by atoms with Crippen molar-refractivity contribution < 1.29 is 37.2 Å². The summed E-state index contributed by atoms with van der Waals surface area (Å²) < 4.78 is 46.0. The van der Waals surface area contributed by atoms with Gasteiger partial charge in [-0.05, 0) is 60.4 Å². The lowest BCUT2D eigenvalue weighted by Gasteiger charge is -2.36. The predicted octanol–water partition coefficient (Wildman–Crippen LogP) is 2.86. The summed E-state index contributed by atoms with van der Waals surface area (Å²) in [5.41, 5.74) is 0.817. The number of hydrogen-bond acceptors (Lipinski definition) is 7. The van der Waals surface area contributed by atoms with Crippen LogP contribution in [0.4, 0.5) is 0 Å². The van der Waals surface area contributed by atoms with E-state index >= 15 is 0 Å². The van der Waals surface area contributed by atoms with Crippen LogP contribution < -0.4 is 10.0 Å². The molecule has 12 heteroatoms. The van der Waals surface area contributed by atoms with Crippen molar-refractivity contribution in [2.24, 2.45) is 11.8 Å². The van der Waals surface area contributed by atoms with Gasteiger partial charge >= 0.3 is 5.97 Å². The van der Waals surface area contributed by atoms with Crippen LogP contribution in [0.15, 0.2) is 77.7 Å². The summed E-state index contributed by atoms with van der Waals surface area (Å²) >= 11 is 0. The Morgan fingerprint density at radius 1 is 1.02 bits per heavy atom. The van der Waals surface area contributed by atoms with Crippen molar-refractivity contribution in [3.8, 4) is 0 Å². The van der Waals surface area contributed by atoms with E-state index in [0.717, 1.165) is 22.6 Å². The van der Waals surface area contributed by atoms with E-state index in [9.17, 15) is 32.4 Å². The summed E-state index contributed by atoms with van der Waals surface area (Å²) in [6, 6.07) is 19.6. The van der Waals surface area contributed by atoms with Crippen LogP contribution in [0.25, 0.3) is 10.8 Å². The first-order valence-electron chi connectivity index (χ1n) is 14.6. The van der Waals surface area contributed by atoms with Crippen molar-refractivity contribution in [1.29, 1.82) is 0 Å². The largest absolute Gasteiger partial charge is 0.481 e. The molecule has 4 rings (SSSR count). The Bertz CT molecular complexity index is 1560. The number of benzene rings is 3. The minimum absolute atomic E-state index is 0.0979. The molecule has 0 heterocycles. The number of carbonyl (C=O) groups is 2. The maximum absolute atomic E-state index is 13.7. The lowest BCUT2D eigenvalue weighted by Crippen LogP contribution is -2.55. The first-order chi connectivity index (χ1) is 20.9. The Balaban J connectivity index is 1.58. The fourth-order valence-corrected chi connectivity index (χ4v) is 8.18. The fraction of sp³-hybridized carbons (Fsp3) is 0.438. The molecule has 0 spiro atoms. The second-order valence-corrected chi connectivity index (χ2v) is 14.7. The first-order valence-corrected chi connectivity index (χ1v) is 17.8. The molecule has 1 aliphatic carbocycles. The highest BCUT2D eigenvalue weighted by Crippen LogP contribution is 2.35. The van der Waals surface area contributed by atoms with Gasteiger partial charge in [-0.1, -0.05) is 66.7 Å². The van der Waals surface area contributed by atoms with Crippen LogP contribution in [-0.2, 0) is 41.6 Å². The number of carboxylic acids is 1. The zero-order valence-electron chi connectivity index (χ0n) is 24.8. The van der Waals surface area contributed by atoms with Crippen molar-refractivity contribution in [2.45, 2.75) is 61.3 Å². The number of nitrogens with one attached hydrogen (secondary N) is 2. The number of carbonyl (C=O) groups excluding carboxylic acids is 1. The molecule has 3 aromatic rings. The molecule has 44 heavy (non-hydrogen) atoms. The fourth-order valence-electron chi connectivity index (χ4n) is 5.99. The Morgan fingerprint density at radius 2 is 1.70 bits per heavy atom. The van der Waals surface area contributed by atoms with Gasteiger partial charge in [0.25, 0.3) is 0 Å². The number of amides is 1. The highest BCUT2D eigenvalue weighted by Gasteiger charge is 2.38. The van der Waals surface area contributed by atoms with Gasteiger partial charge in [-0.15, -0.1) is 0 Å². The maximum Gasteiger partial charge on any atom is 0.306 e. The number of rotatable bonds is 14. The summed E-state index contributed by atoms with van der Waals surface area (Å²) in [6.45, 7) is 0. The zero-order valence-corrected chi connectivity index (χ0v) is 26.4. The Labute approximate surface area is 260 Å². The molecule has 1 amide bonds. The van der Waals surface area contributed by atoms with E-state index in [4.69, 9.17) is 4.74 Å². The number of ether oxygens (including phenoxy) is 1. The van der Waals surface area contributed by atoms with E-state index in [-0.39, 0.29) is 30.6 Å². The molecular weight excluding hydrogens is 604 g/mol. The molecule has 1 fully saturated rings. The minimum Gasteiger partial charge on any atom is -0.481 e.